The van der Waals surface area contributed by atoms with Gasteiger partial charge in [-0.1, -0.05) is 120 Å². The minimum absolute atomic E-state index is 0. The molecule has 1 aliphatic carbocycles. The Bertz CT molecular complexity index is 2300. The van der Waals surface area contributed by atoms with Gasteiger partial charge in [0.05, 0.1) is 0 Å². The van der Waals surface area contributed by atoms with Gasteiger partial charge in [0, 0.05) is 75.9 Å². The van der Waals surface area contributed by atoms with Gasteiger partial charge in [0.15, 0.2) is 5.78 Å². The van der Waals surface area contributed by atoms with E-state index in [4.69, 9.17) is 9.97 Å². The molecule has 6 aromatic rings. The summed E-state index contributed by atoms with van der Waals surface area (Å²) in [4.78, 5) is 23.4. The summed E-state index contributed by atoms with van der Waals surface area (Å²) in [7, 11) is 0. The molecule has 4 nitrogen and oxygen atoms in total. The van der Waals surface area contributed by atoms with E-state index in [9.17, 15) is 9.90 Å². The van der Waals surface area contributed by atoms with Gasteiger partial charge < -0.3 is 5.11 Å². The maximum absolute atomic E-state index is 12.2. The Morgan fingerprint density at radius 2 is 1.49 bits per heavy atom. The second-order valence-electron chi connectivity index (χ2n) is 15.8. The summed E-state index contributed by atoms with van der Waals surface area (Å²) in [6, 6.07) is 29.6. The number of hydrogen-bond donors (Lipinski definition) is 1. The molecule has 1 N–H and O–H groups in total. The van der Waals surface area contributed by atoms with Crippen LogP contribution in [0.1, 0.15) is 97.2 Å². The van der Waals surface area contributed by atoms with E-state index < -0.39 is 0 Å². The summed E-state index contributed by atoms with van der Waals surface area (Å²) in [5, 5.41) is 13.8. The predicted molar refractivity (Wildman–Crippen MR) is 229 cm³/mol. The van der Waals surface area contributed by atoms with Crippen LogP contribution < -0.4 is 0 Å². The molecule has 0 bridgehead atoms. The number of aryl methyl sites for hydroxylation is 1. The molecular weight excluding hydrogens is 873 g/mol. The Morgan fingerprint density at radius 1 is 0.836 bits per heavy atom. The third-order valence-electron chi connectivity index (χ3n) is 12.0. The first kappa shape index (κ1) is 42.2. The maximum Gasteiger partial charge on any atom is 0.164 e. The van der Waals surface area contributed by atoms with Gasteiger partial charge in [-0.2, -0.15) is 0 Å². The van der Waals surface area contributed by atoms with Crippen molar-refractivity contribution in [3.63, 3.8) is 0 Å². The molecular formula is C49H55IrN2O2S-. The van der Waals surface area contributed by atoms with Crippen LogP contribution in [0.25, 0.3) is 54.4 Å². The van der Waals surface area contributed by atoms with Crippen LogP contribution in [0.2, 0.25) is 0 Å². The summed E-state index contributed by atoms with van der Waals surface area (Å²) < 4.78 is 1.26. The van der Waals surface area contributed by atoms with E-state index in [2.05, 4.69) is 92.7 Å². The van der Waals surface area contributed by atoms with Crippen LogP contribution in [-0.4, -0.2) is 20.9 Å². The first-order chi connectivity index (χ1) is 26.0. The van der Waals surface area contributed by atoms with Gasteiger partial charge >= 0.3 is 0 Å². The third-order valence-corrected chi connectivity index (χ3v) is 13.3. The Hall–Kier alpha value is -3.96. The third kappa shape index (κ3) is 8.58. The molecule has 3 aromatic heterocycles. The minimum Gasteiger partial charge on any atom is -0.512 e. The van der Waals surface area contributed by atoms with Crippen molar-refractivity contribution >= 4 is 38.0 Å². The van der Waals surface area contributed by atoms with E-state index >= 15 is 0 Å². The molecule has 1 radical (unpaired) electrons. The van der Waals surface area contributed by atoms with Gasteiger partial charge in [0.25, 0.3) is 0 Å². The Kier molecular flexibility index (Phi) is 13.7. The van der Waals surface area contributed by atoms with Crippen molar-refractivity contribution < 1.29 is 30.0 Å². The Balaban J connectivity index is 0.000000276. The topological polar surface area (TPSA) is 63.1 Å². The first-order valence-corrected chi connectivity index (χ1v) is 20.6. The normalized spacial score (nSPS) is 12.9. The molecule has 0 atom stereocenters. The van der Waals surface area contributed by atoms with E-state index in [1.54, 1.807) is 0 Å². The maximum atomic E-state index is 12.2. The molecule has 0 spiro atoms. The number of thiophene rings is 1. The van der Waals surface area contributed by atoms with Crippen molar-refractivity contribution in [2.75, 3.05) is 0 Å². The zero-order valence-corrected chi connectivity index (χ0v) is 36.9. The summed E-state index contributed by atoms with van der Waals surface area (Å²) in [5.41, 5.74) is 9.37. The standard InChI is InChI=1S/C34H27N2S.C15H28O2.Ir/c1-21(2)18-30-26-12-13-31-32(27(26)14-16-35-30)28-15-17-36-33(34(28)37-31)24-19-23-10-6-7-11-25(23)29(20-24)22-8-4-3-5-9-22;1-7-14(5,8-2)12(16)11-13(17)15(6,9-3)10-4;/h3-11,14-17,20-21H,12-13,18H2,1-2H3;11,16H,7-10H2,1-6H3;/q-1;;/b;12-11-;. The summed E-state index contributed by atoms with van der Waals surface area (Å²) in [6.45, 7) is 16.6. The monoisotopic (exact) mass is 928 g/mol. The molecule has 0 fully saturated rings. The molecule has 3 aromatic carbocycles. The number of carbonyl (C=O) groups excluding carboxylic acids is 1. The SMILES string of the molecule is CC(C)Cc1nccc2c1CCc1sc3c(-c4[c-]c5ccccc5c(-c5ccccc5)c4)nccc3c1-2.CCC(C)(CC)C(=O)/C=C(\O)C(C)(CC)CC.[Ir]. The van der Waals surface area contributed by atoms with Gasteiger partial charge in [-0.3, -0.25) is 14.8 Å². The molecule has 0 amide bonds. The molecule has 6 heteroatoms. The fraction of sp³-hybridized carbons (Fsp3) is 0.367. The van der Waals surface area contributed by atoms with Gasteiger partial charge in [0.1, 0.15) is 5.76 Å². The summed E-state index contributed by atoms with van der Waals surface area (Å²) in [6.07, 6.45) is 11.9. The number of hydrogen-bond acceptors (Lipinski definition) is 5. The van der Waals surface area contributed by atoms with Crippen molar-refractivity contribution in [2.45, 2.75) is 100 Å². The van der Waals surface area contributed by atoms with Crippen LogP contribution in [0.3, 0.4) is 0 Å². The van der Waals surface area contributed by atoms with E-state index in [0.717, 1.165) is 61.6 Å². The van der Waals surface area contributed by atoms with E-state index in [1.165, 1.54) is 59.9 Å². The summed E-state index contributed by atoms with van der Waals surface area (Å²) in [5.74, 6) is 0.881. The first-order valence-electron chi connectivity index (χ1n) is 19.8. The van der Waals surface area contributed by atoms with Crippen LogP contribution in [0.5, 0.6) is 0 Å². The Morgan fingerprint density at radius 3 is 2.16 bits per heavy atom. The molecule has 7 rings (SSSR count). The molecule has 3 heterocycles. The largest absolute Gasteiger partial charge is 0.512 e. The number of benzene rings is 3. The number of aromatic nitrogens is 2. The quantitative estimate of drug-likeness (QED) is 0.0799. The molecule has 55 heavy (non-hydrogen) atoms. The van der Waals surface area contributed by atoms with Gasteiger partial charge in [-0.25, -0.2) is 0 Å². The van der Waals surface area contributed by atoms with Crippen molar-refractivity contribution in [3.05, 3.63) is 119 Å². The van der Waals surface area contributed by atoms with Crippen molar-refractivity contribution in [1.82, 2.24) is 9.97 Å². The van der Waals surface area contributed by atoms with E-state index in [-0.39, 0.29) is 42.5 Å². The average Bonchev–Trinajstić information content (AvgIpc) is 3.60. The van der Waals surface area contributed by atoms with Crippen molar-refractivity contribution in [1.29, 1.82) is 0 Å². The number of ketones is 1. The summed E-state index contributed by atoms with van der Waals surface area (Å²) >= 11 is 1.91. The van der Waals surface area contributed by atoms with E-state index in [0.29, 0.717) is 5.92 Å². The zero-order valence-electron chi connectivity index (χ0n) is 33.7. The van der Waals surface area contributed by atoms with E-state index in [1.807, 2.05) is 65.3 Å². The molecule has 0 saturated carbocycles. The molecule has 0 saturated heterocycles. The predicted octanol–water partition coefficient (Wildman–Crippen LogP) is 13.6. The number of allylic oxidation sites excluding steroid dienone is 2. The van der Waals surface area contributed by atoms with Crippen LogP contribution in [0.4, 0.5) is 0 Å². The van der Waals surface area contributed by atoms with Gasteiger partial charge in [-0.15, -0.1) is 34.9 Å². The number of fused-ring (bicyclic) bond motifs is 6. The number of carbonyl (C=O) groups is 1. The van der Waals surface area contributed by atoms with Crippen molar-refractivity contribution in [2.24, 2.45) is 16.7 Å². The fourth-order valence-corrected chi connectivity index (χ4v) is 8.80. The minimum atomic E-state index is -0.337. The number of nitrogens with zero attached hydrogens (tertiary/aromatic N) is 2. The molecule has 1 aliphatic rings. The number of pyridine rings is 2. The van der Waals surface area contributed by atoms with Crippen LogP contribution in [-0.2, 0) is 44.2 Å². The number of rotatable bonds is 11. The molecule has 0 aliphatic heterocycles. The zero-order chi connectivity index (χ0) is 38.6. The van der Waals surface area contributed by atoms with Crippen LogP contribution in [0.15, 0.2) is 97.0 Å². The van der Waals surface area contributed by atoms with Crippen LogP contribution in [0, 0.1) is 22.8 Å². The molecule has 289 valence electrons. The van der Waals surface area contributed by atoms with Gasteiger partial charge in [-0.05, 0) is 85.1 Å². The molecule has 0 unspecified atom stereocenters. The number of aliphatic hydroxyl groups excluding tert-OH is 1. The fourth-order valence-electron chi connectivity index (χ4n) is 7.48. The van der Waals surface area contributed by atoms with Gasteiger partial charge in [0.2, 0.25) is 0 Å². The second kappa shape index (κ2) is 17.9. The number of aliphatic hydroxyl groups is 1. The average molecular weight is 928 g/mol. The Labute approximate surface area is 345 Å². The van der Waals surface area contributed by atoms with Crippen LogP contribution >= 0.6 is 11.3 Å². The van der Waals surface area contributed by atoms with Crippen molar-refractivity contribution in [3.8, 4) is 33.5 Å². The second-order valence-corrected chi connectivity index (χ2v) is 16.9. The smallest absolute Gasteiger partial charge is 0.164 e.